The molecule has 0 unspecified atom stereocenters. The molecule has 1 aliphatic carbocycles. The summed E-state index contributed by atoms with van der Waals surface area (Å²) in [7, 11) is 0. The molecule has 0 atom stereocenters. The van der Waals surface area contributed by atoms with Gasteiger partial charge >= 0.3 is 0 Å². The van der Waals surface area contributed by atoms with Crippen molar-refractivity contribution in [2.45, 2.75) is 25.2 Å². The maximum atomic E-state index is 12.1. The van der Waals surface area contributed by atoms with Gasteiger partial charge in [0.2, 0.25) is 5.91 Å². The molecule has 0 saturated heterocycles. The number of hydrogen-bond acceptors (Lipinski definition) is 2. The Balaban J connectivity index is 1.49. The second-order valence-electron chi connectivity index (χ2n) is 5.85. The highest BCUT2D eigenvalue weighted by Gasteiger charge is 2.19. The summed E-state index contributed by atoms with van der Waals surface area (Å²) in [6.45, 7) is -0.0435. The number of nitrogens with one attached hydrogen (secondary N) is 2. The van der Waals surface area contributed by atoms with E-state index < -0.39 is 0 Å². The third-order valence-electron chi connectivity index (χ3n) is 4.22. The number of carbonyl (C=O) groups is 2. The largest absolute Gasteiger partial charge is 0.343 e. The quantitative estimate of drug-likeness (QED) is 0.890. The zero-order chi connectivity index (χ0) is 16.1. The highest BCUT2D eigenvalue weighted by Crippen LogP contribution is 2.36. The fourth-order valence-electron chi connectivity index (χ4n) is 2.64. The zero-order valence-corrected chi connectivity index (χ0v) is 12.9. The Kier molecular flexibility index (Phi) is 4.71. The van der Waals surface area contributed by atoms with Crippen LogP contribution >= 0.6 is 0 Å². The molecule has 4 nitrogen and oxygen atoms in total. The average Bonchev–Trinajstić information content (AvgIpc) is 2.53. The molecule has 2 N–H and O–H groups in total. The van der Waals surface area contributed by atoms with E-state index in [4.69, 9.17) is 0 Å². The van der Waals surface area contributed by atoms with E-state index in [1.54, 1.807) is 12.1 Å². The van der Waals surface area contributed by atoms with Crippen molar-refractivity contribution in [1.82, 2.24) is 5.32 Å². The molecule has 0 bridgehead atoms. The van der Waals surface area contributed by atoms with Gasteiger partial charge in [-0.25, -0.2) is 0 Å². The number of hydrogen-bond donors (Lipinski definition) is 2. The van der Waals surface area contributed by atoms with E-state index in [2.05, 4.69) is 10.6 Å². The lowest BCUT2D eigenvalue weighted by atomic mass is 9.80. The van der Waals surface area contributed by atoms with Gasteiger partial charge in [-0.2, -0.15) is 0 Å². The normalized spacial score (nSPS) is 13.9. The Morgan fingerprint density at radius 2 is 1.65 bits per heavy atom. The molecule has 0 aromatic heterocycles. The number of anilines is 1. The summed E-state index contributed by atoms with van der Waals surface area (Å²) in [5, 5.41) is 5.38. The van der Waals surface area contributed by atoms with Crippen LogP contribution in [0.1, 0.15) is 41.1 Å². The van der Waals surface area contributed by atoms with Crippen molar-refractivity contribution in [2.24, 2.45) is 0 Å². The fourth-order valence-corrected chi connectivity index (χ4v) is 2.64. The Morgan fingerprint density at radius 3 is 2.26 bits per heavy atom. The Bertz CT molecular complexity index is 676. The van der Waals surface area contributed by atoms with E-state index in [9.17, 15) is 9.59 Å². The molecule has 1 aliphatic rings. The first kappa shape index (κ1) is 15.3. The molecule has 4 heteroatoms. The van der Waals surface area contributed by atoms with Crippen molar-refractivity contribution in [1.29, 1.82) is 0 Å². The Morgan fingerprint density at radius 1 is 0.957 bits per heavy atom. The minimum absolute atomic E-state index is 0.0435. The van der Waals surface area contributed by atoms with Gasteiger partial charge < -0.3 is 10.6 Å². The summed E-state index contributed by atoms with van der Waals surface area (Å²) in [6, 6.07) is 16.9. The van der Waals surface area contributed by atoms with E-state index >= 15 is 0 Å². The topological polar surface area (TPSA) is 58.2 Å². The van der Waals surface area contributed by atoms with Crippen molar-refractivity contribution in [3.05, 3.63) is 65.7 Å². The maximum absolute atomic E-state index is 12.1. The highest BCUT2D eigenvalue weighted by molar-refractivity contribution is 5.99. The number of para-hydroxylation sites is 1. The van der Waals surface area contributed by atoms with Crippen LogP contribution in [-0.4, -0.2) is 18.4 Å². The molecule has 2 aromatic carbocycles. The van der Waals surface area contributed by atoms with Crippen LogP contribution in [0.3, 0.4) is 0 Å². The summed E-state index contributed by atoms with van der Waals surface area (Å²) in [6.07, 6.45) is 3.78. The van der Waals surface area contributed by atoms with E-state index in [1.165, 1.54) is 24.8 Å². The van der Waals surface area contributed by atoms with Crippen LogP contribution in [0, 0.1) is 0 Å². The molecule has 0 spiro atoms. The Hall–Kier alpha value is -2.62. The van der Waals surface area contributed by atoms with E-state index in [0.29, 0.717) is 11.5 Å². The van der Waals surface area contributed by atoms with Crippen molar-refractivity contribution >= 4 is 17.5 Å². The molecule has 1 fully saturated rings. The van der Waals surface area contributed by atoms with Crippen molar-refractivity contribution in [3.63, 3.8) is 0 Å². The van der Waals surface area contributed by atoms with Gasteiger partial charge in [0.1, 0.15) is 0 Å². The van der Waals surface area contributed by atoms with Crippen molar-refractivity contribution in [2.75, 3.05) is 11.9 Å². The zero-order valence-electron chi connectivity index (χ0n) is 12.9. The predicted molar refractivity (Wildman–Crippen MR) is 90.4 cm³/mol. The molecule has 0 heterocycles. The molecule has 0 radical (unpaired) electrons. The molecular formula is C19H20N2O2. The predicted octanol–water partition coefficient (Wildman–Crippen LogP) is 3.32. The summed E-state index contributed by atoms with van der Waals surface area (Å²) < 4.78 is 0. The van der Waals surface area contributed by atoms with Crippen LogP contribution in [0.15, 0.2) is 54.6 Å². The standard InChI is InChI=1S/C19H20N2O2/c22-18(21-17-7-2-1-3-8-17)13-20-19(23)16-11-9-15(10-12-16)14-5-4-6-14/h1-3,7-12,14H,4-6,13H2,(H,20,23)(H,21,22). The lowest BCUT2D eigenvalue weighted by Gasteiger charge is -2.25. The van der Waals surface area contributed by atoms with E-state index in [1.807, 2.05) is 42.5 Å². The van der Waals surface area contributed by atoms with Crippen LogP contribution in [0.5, 0.6) is 0 Å². The van der Waals surface area contributed by atoms with Gasteiger partial charge in [0.25, 0.3) is 5.91 Å². The minimum Gasteiger partial charge on any atom is -0.343 e. The Labute approximate surface area is 135 Å². The number of amides is 2. The SMILES string of the molecule is O=C(CNC(=O)c1ccc(C2CCC2)cc1)Nc1ccccc1. The molecule has 2 aromatic rings. The second kappa shape index (κ2) is 7.09. The minimum atomic E-state index is -0.240. The number of carbonyl (C=O) groups excluding carboxylic acids is 2. The third kappa shape index (κ3) is 3.97. The van der Waals surface area contributed by atoms with Gasteiger partial charge in [-0.15, -0.1) is 0 Å². The first-order chi connectivity index (χ1) is 11.2. The van der Waals surface area contributed by atoms with Crippen LogP contribution in [0.2, 0.25) is 0 Å². The van der Waals surface area contributed by atoms with Crippen LogP contribution in [-0.2, 0) is 4.79 Å². The smallest absolute Gasteiger partial charge is 0.251 e. The molecule has 3 rings (SSSR count). The summed E-state index contributed by atoms with van der Waals surface area (Å²) in [4.78, 5) is 23.9. The van der Waals surface area contributed by atoms with Gasteiger partial charge in [-0.1, -0.05) is 36.8 Å². The first-order valence-corrected chi connectivity index (χ1v) is 7.95. The van der Waals surface area contributed by atoms with Crippen LogP contribution in [0.4, 0.5) is 5.69 Å². The molecular weight excluding hydrogens is 288 g/mol. The lowest BCUT2D eigenvalue weighted by molar-refractivity contribution is -0.115. The van der Waals surface area contributed by atoms with Crippen molar-refractivity contribution < 1.29 is 9.59 Å². The lowest BCUT2D eigenvalue weighted by Crippen LogP contribution is -2.32. The summed E-state index contributed by atoms with van der Waals surface area (Å²) >= 11 is 0. The summed E-state index contributed by atoms with van der Waals surface area (Å²) in [5.74, 6) is 0.188. The maximum Gasteiger partial charge on any atom is 0.251 e. The average molecular weight is 308 g/mol. The molecule has 1 saturated carbocycles. The number of benzene rings is 2. The fraction of sp³-hybridized carbons (Fsp3) is 0.263. The van der Waals surface area contributed by atoms with E-state index in [0.717, 1.165) is 5.69 Å². The molecule has 23 heavy (non-hydrogen) atoms. The van der Waals surface area contributed by atoms with E-state index in [-0.39, 0.29) is 18.4 Å². The number of rotatable bonds is 5. The third-order valence-corrected chi connectivity index (χ3v) is 4.22. The monoisotopic (exact) mass is 308 g/mol. The first-order valence-electron chi connectivity index (χ1n) is 7.95. The van der Waals surface area contributed by atoms with Crippen LogP contribution < -0.4 is 10.6 Å². The van der Waals surface area contributed by atoms with Crippen molar-refractivity contribution in [3.8, 4) is 0 Å². The van der Waals surface area contributed by atoms with Crippen LogP contribution in [0.25, 0.3) is 0 Å². The highest BCUT2D eigenvalue weighted by atomic mass is 16.2. The van der Waals surface area contributed by atoms with Gasteiger partial charge in [0.05, 0.1) is 6.54 Å². The molecule has 118 valence electrons. The second-order valence-corrected chi connectivity index (χ2v) is 5.85. The van der Waals surface area contributed by atoms with Gasteiger partial charge in [0.15, 0.2) is 0 Å². The van der Waals surface area contributed by atoms with Gasteiger partial charge in [-0.3, -0.25) is 9.59 Å². The molecule has 0 aliphatic heterocycles. The molecule has 2 amide bonds. The van der Waals surface area contributed by atoms with Gasteiger partial charge in [-0.05, 0) is 48.6 Å². The van der Waals surface area contributed by atoms with Gasteiger partial charge in [0, 0.05) is 11.3 Å². The summed E-state index contributed by atoms with van der Waals surface area (Å²) in [5.41, 5.74) is 2.60.